The Bertz CT molecular complexity index is 1160. The van der Waals surface area contributed by atoms with E-state index in [4.69, 9.17) is 27.9 Å². The molecule has 0 unspecified atom stereocenters. The normalized spacial score (nSPS) is 10.5. The zero-order valence-electron chi connectivity index (χ0n) is 18.5. The molecule has 0 aliphatic rings. The zero-order valence-corrected chi connectivity index (χ0v) is 20.0. The predicted molar refractivity (Wildman–Crippen MR) is 132 cm³/mol. The number of hydrogen-bond donors (Lipinski definition) is 3. The van der Waals surface area contributed by atoms with Crippen LogP contribution < -0.4 is 20.7 Å². The van der Waals surface area contributed by atoms with Crippen molar-refractivity contribution in [3.05, 3.63) is 75.4 Å². The third-order valence-corrected chi connectivity index (χ3v) is 5.17. The minimum atomic E-state index is -0.347. The topological polar surface area (TPSA) is 92.4 Å². The summed E-state index contributed by atoms with van der Waals surface area (Å²) in [5.41, 5.74) is 4.40. The molecule has 7 nitrogen and oxygen atoms in total. The van der Waals surface area contributed by atoms with Crippen LogP contribution in [0.25, 0.3) is 0 Å². The van der Waals surface area contributed by atoms with Crippen LogP contribution in [0.2, 0.25) is 10.0 Å². The summed E-state index contributed by atoms with van der Waals surface area (Å²) in [6.45, 7) is 5.67. The van der Waals surface area contributed by atoms with Gasteiger partial charge >= 0.3 is 0 Å². The molecule has 0 radical (unpaired) electrons. The first-order valence-electron chi connectivity index (χ1n) is 10.2. The highest BCUT2D eigenvalue weighted by molar-refractivity contribution is 6.35. The zero-order chi connectivity index (χ0) is 24.0. The molecule has 2 amide bonds. The van der Waals surface area contributed by atoms with E-state index in [9.17, 15) is 9.59 Å². The van der Waals surface area contributed by atoms with Gasteiger partial charge in [-0.3, -0.25) is 9.59 Å². The molecule has 0 bridgehead atoms. The fourth-order valence-corrected chi connectivity index (χ4v) is 3.68. The highest BCUT2D eigenvalue weighted by atomic mass is 35.5. The van der Waals surface area contributed by atoms with Crippen LogP contribution >= 0.6 is 23.2 Å². The van der Waals surface area contributed by atoms with E-state index in [-0.39, 0.29) is 35.8 Å². The Kier molecular flexibility index (Phi) is 8.14. The highest BCUT2D eigenvalue weighted by Crippen LogP contribution is 2.33. The number of rotatable bonds is 8. The number of carbonyl (C=O) groups excluding carboxylic acids is 2. The van der Waals surface area contributed by atoms with Crippen molar-refractivity contribution >= 4 is 46.4 Å². The summed E-state index contributed by atoms with van der Waals surface area (Å²) < 4.78 is 5.76. The van der Waals surface area contributed by atoms with E-state index < -0.39 is 0 Å². The van der Waals surface area contributed by atoms with E-state index in [1.807, 2.05) is 32.9 Å². The van der Waals surface area contributed by atoms with Crippen molar-refractivity contribution in [2.45, 2.75) is 20.8 Å². The molecule has 3 N–H and O–H groups in total. The number of hydrogen-bond acceptors (Lipinski definition) is 5. The summed E-state index contributed by atoms with van der Waals surface area (Å²) in [4.78, 5) is 28.6. The second-order valence-electron chi connectivity index (χ2n) is 7.49. The maximum absolute atomic E-state index is 12.3. The van der Waals surface area contributed by atoms with Gasteiger partial charge in [-0.15, -0.1) is 0 Å². The average molecular weight is 487 g/mol. The van der Waals surface area contributed by atoms with E-state index in [1.54, 1.807) is 24.3 Å². The Hall–Kier alpha value is -3.29. The quantitative estimate of drug-likeness (QED) is 0.403. The molecular weight excluding hydrogens is 463 g/mol. The fourth-order valence-electron chi connectivity index (χ4n) is 3.26. The van der Waals surface area contributed by atoms with Crippen LogP contribution in [0.3, 0.4) is 0 Å². The molecule has 0 saturated heterocycles. The minimum Gasteiger partial charge on any atom is -0.435 e. The summed E-state index contributed by atoms with van der Waals surface area (Å²) >= 11 is 12.0. The molecular formula is C24H24Cl2N4O3. The first-order valence-corrected chi connectivity index (χ1v) is 10.9. The number of carbonyl (C=O) groups is 2. The molecule has 1 aromatic heterocycles. The Labute approximate surface area is 202 Å². The molecule has 0 atom stereocenters. The lowest BCUT2D eigenvalue weighted by atomic mass is 10.1. The summed E-state index contributed by atoms with van der Waals surface area (Å²) in [6, 6.07) is 12.6. The minimum absolute atomic E-state index is 0.0575. The van der Waals surface area contributed by atoms with Gasteiger partial charge in [0.25, 0.3) is 0 Å². The Balaban J connectivity index is 1.53. The molecule has 9 heteroatoms. The lowest BCUT2D eigenvalue weighted by Crippen LogP contribution is -2.36. The van der Waals surface area contributed by atoms with Gasteiger partial charge in [0.2, 0.25) is 17.7 Å². The lowest BCUT2D eigenvalue weighted by molar-refractivity contribution is -0.122. The van der Waals surface area contributed by atoms with Crippen molar-refractivity contribution in [1.29, 1.82) is 0 Å². The first-order chi connectivity index (χ1) is 15.7. The van der Waals surface area contributed by atoms with E-state index in [0.717, 1.165) is 22.4 Å². The lowest BCUT2D eigenvalue weighted by Gasteiger charge is -2.14. The molecule has 0 aliphatic carbocycles. The van der Waals surface area contributed by atoms with E-state index >= 15 is 0 Å². The Morgan fingerprint density at radius 3 is 2.36 bits per heavy atom. The number of aromatic nitrogens is 1. The summed E-state index contributed by atoms with van der Waals surface area (Å²) in [5, 5.41) is 9.12. The molecule has 0 aliphatic heterocycles. The molecule has 172 valence electrons. The van der Waals surface area contributed by atoms with Crippen LogP contribution in [0.1, 0.15) is 16.7 Å². The van der Waals surface area contributed by atoms with Gasteiger partial charge in [-0.25, -0.2) is 4.98 Å². The highest BCUT2D eigenvalue weighted by Gasteiger charge is 2.12. The molecule has 2 aromatic carbocycles. The van der Waals surface area contributed by atoms with Crippen LogP contribution in [0.5, 0.6) is 11.6 Å². The largest absolute Gasteiger partial charge is 0.435 e. The standard InChI is InChI=1S/C24H24Cl2N4O3/c1-14-8-15(2)23(16(3)9-14)30-22(32)13-28-21(31)12-27-19-6-4-5-7-20(19)33-24-18(26)10-17(25)11-29-24/h4-11,27H,12-13H2,1-3H3,(H,28,31)(H,30,32). The summed E-state index contributed by atoms with van der Waals surface area (Å²) in [5.74, 6) is -0.0197. The van der Waals surface area contributed by atoms with Crippen molar-refractivity contribution in [3.63, 3.8) is 0 Å². The number of para-hydroxylation sites is 2. The van der Waals surface area contributed by atoms with Crippen molar-refractivity contribution in [2.24, 2.45) is 0 Å². The van der Waals surface area contributed by atoms with Gasteiger partial charge in [0, 0.05) is 11.9 Å². The van der Waals surface area contributed by atoms with Crippen LogP contribution in [0.4, 0.5) is 11.4 Å². The molecule has 3 rings (SSSR count). The van der Waals surface area contributed by atoms with Gasteiger partial charge < -0.3 is 20.7 Å². The van der Waals surface area contributed by atoms with Gasteiger partial charge in [-0.2, -0.15) is 0 Å². The number of amides is 2. The monoisotopic (exact) mass is 486 g/mol. The van der Waals surface area contributed by atoms with Gasteiger partial charge in [0.15, 0.2) is 5.75 Å². The Morgan fingerprint density at radius 1 is 0.970 bits per heavy atom. The first kappa shape index (κ1) is 24.4. The third kappa shape index (κ3) is 6.84. The van der Waals surface area contributed by atoms with E-state index in [0.29, 0.717) is 16.5 Å². The summed E-state index contributed by atoms with van der Waals surface area (Å²) in [6.07, 6.45) is 1.43. The Morgan fingerprint density at radius 2 is 1.67 bits per heavy atom. The number of nitrogens with one attached hydrogen (secondary N) is 3. The number of benzene rings is 2. The second kappa shape index (κ2) is 11.0. The molecule has 0 fully saturated rings. The van der Waals surface area contributed by atoms with Gasteiger partial charge in [0.1, 0.15) is 5.02 Å². The number of nitrogens with zero attached hydrogens (tertiary/aromatic N) is 1. The number of anilines is 2. The van der Waals surface area contributed by atoms with Gasteiger partial charge in [-0.1, -0.05) is 53.0 Å². The van der Waals surface area contributed by atoms with Crippen molar-refractivity contribution in [3.8, 4) is 11.6 Å². The average Bonchev–Trinajstić information content (AvgIpc) is 2.76. The van der Waals surface area contributed by atoms with E-state index in [2.05, 4.69) is 20.9 Å². The molecule has 0 spiro atoms. The molecule has 3 aromatic rings. The van der Waals surface area contributed by atoms with Gasteiger partial charge in [0.05, 0.1) is 23.8 Å². The van der Waals surface area contributed by atoms with Crippen LogP contribution in [-0.4, -0.2) is 29.9 Å². The number of ether oxygens (including phenoxy) is 1. The molecule has 33 heavy (non-hydrogen) atoms. The van der Waals surface area contributed by atoms with Gasteiger partial charge in [-0.05, 0) is 50.1 Å². The summed E-state index contributed by atoms with van der Waals surface area (Å²) in [7, 11) is 0. The molecule has 0 saturated carbocycles. The van der Waals surface area contributed by atoms with Crippen LogP contribution in [0.15, 0.2) is 48.7 Å². The van der Waals surface area contributed by atoms with Crippen LogP contribution in [0, 0.1) is 20.8 Å². The molecule has 1 heterocycles. The number of aryl methyl sites for hydroxylation is 3. The number of pyridine rings is 1. The second-order valence-corrected chi connectivity index (χ2v) is 8.33. The van der Waals surface area contributed by atoms with E-state index in [1.165, 1.54) is 12.3 Å². The van der Waals surface area contributed by atoms with Crippen molar-refractivity contribution in [1.82, 2.24) is 10.3 Å². The fraction of sp³-hybridized carbons (Fsp3) is 0.208. The van der Waals surface area contributed by atoms with Crippen molar-refractivity contribution < 1.29 is 14.3 Å². The maximum Gasteiger partial charge on any atom is 0.243 e. The SMILES string of the molecule is Cc1cc(C)c(NC(=O)CNC(=O)CNc2ccccc2Oc2ncc(Cl)cc2Cl)c(C)c1. The van der Waals surface area contributed by atoms with Crippen LogP contribution in [-0.2, 0) is 9.59 Å². The third-order valence-electron chi connectivity index (χ3n) is 4.69. The smallest absolute Gasteiger partial charge is 0.243 e. The number of halogens is 2. The maximum atomic E-state index is 12.3. The van der Waals surface area contributed by atoms with Crippen molar-refractivity contribution in [2.75, 3.05) is 23.7 Å². The predicted octanol–water partition coefficient (Wildman–Crippen LogP) is 5.27.